The largest absolute Gasteiger partial charge is 0.478 e. The highest BCUT2D eigenvalue weighted by molar-refractivity contribution is 5.84. The highest BCUT2D eigenvalue weighted by Crippen LogP contribution is 1.81. The van der Waals surface area contributed by atoms with Gasteiger partial charge in [-0.05, 0) is 6.92 Å². The zero-order chi connectivity index (χ0) is 17.1. The molecule has 0 aliphatic carbocycles. The van der Waals surface area contributed by atoms with Crippen molar-refractivity contribution in [3.8, 4) is 0 Å². The Labute approximate surface area is 116 Å². The highest BCUT2D eigenvalue weighted by atomic mass is 16.4. The Kier molecular flexibility index (Phi) is 28.5. The molecule has 8 heteroatoms. The van der Waals surface area contributed by atoms with E-state index in [9.17, 15) is 14.4 Å². The summed E-state index contributed by atoms with van der Waals surface area (Å²) in [5, 5.41) is 38.3. The van der Waals surface area contributed by atoms with Crippen molar-refractivity contribution < 1.29 is 39.9 Å². The van der Waals surface area contributed by atoms with Crippen LogP contribution in [-0.2, 0) is 14.4 Å². The minimum atomic E-state index is -0.981. The number of aliphatic hydroxyl groups is 2. The summed E-state index contributed by atoms with van der Waals surface area (Å²) in [4.78, 5) is 28.1. The standard InChI is InChI=1S/C4H6O2.2C3H4O2.C2H6O2/c1-3(2)4(5)6;2*1-2-3(4)5;3-1-2-4/h1H2,2H3,(H,5,6);2*2H,1H2,(H,4,5);3-4H,1-2H2. The summed E-state index contributed by atoms with van der Waals surface area (Å²) in [6.07, 6.45) is 1.67. The summed E-state index contributed by atoms with van der Waals surface area (Å²) in [7, 11) is 0. The third kappa shape index (κ3) is 76.7. The van der Waals surface area contributed by atoms with Crippen molar-refractivity contribution in [3.05, 3.63) is 37.5 Å². The van der Waals surface area contributed by atoms with E-state index in [2.05, 4.69) is 19.7 Å². The average molecular weight is 292 g/mol. The van der Waals surface area contributed by atoms with Gasteiger partial charge < -0.3 is 25.5 Å². The third-order valence-electron chi connectivity index (χ3n) is 0.814. The molecule has 0 spiro atoms. The quantitative estimate of drug-likeness (QED) is 0.458. The molecule has 0 unspecified atom stereocenters. The van der Waals surface area contributed by atoms with E-state index in [1.807, 2.05) is 0 Å². The molecule has 0 amide bonds. The number of carboxylic acid groups (broad SMARTS) is 3. The monoisotopic (exact) mass is 292 g/mol. The van der Waals surface area contributed by atoms with Crippen LogP contribution in [0.15, 0.2) is 37.5 Å². The molecule has 0 radical (unpaired) electrons. The van der Waals surface area contributed by atoms with Crippen molar-refractivity contribution >= 4 is 17.9 Å². The van der Waals surface area contributed by atoms with E-state index >= 15 is 0 Å². The lowest BCUT2D eigenvalue weighted by molar-refractivity contribution is -0.133. The fraction of sp³-hybridized carbons (Fsp3) is 0.250. The summed E-state index contributed by atoms with van der Waals surface area (Å²) >= 11 is 0. The summed E-state index contributed by atoms with van der Waals surface area (Å²) in [6.45, 7) is 10.3. The zero-order valence-corrected chi connectivity index (χ0v) is 11.2. The van der Waals surface area contributed by atoms with Crippen molar-refractivity contribution in [2.45, 2.75) is 6.92 Å². The van der Waals surface area contributed by atoms with Gasteiger partial charge in [0.2, 0.25) is 0 Å². The first-order valence-electron chi connectivity index (χ1n) is 4.91. The molecule has 0 aliphatic heterocycles. The Hall–Kier alpha value is -2.45. The highest BCUT2D eigenvalue weighted by Gasteiger charge is 1.90. The molecule has 0 aliphatic rings. The van der Waals surface area contributed by atoms with Gasteiger partial charge in [-0.25, -0.2) is 14.4 Å². The SMILES string of the molecule is C=C(C)C(=O)O.C=CC(=O)O.C=CC(=O)O.OCCO. The molecule has 0 saturated heterocycles. The van der Waals surface area contributed by atoms with Crippen LogP contribution >= 0.6 is 0 Å². The maximum Gasteiger partial charge on any atom is 0.330 e. The van der Waals surface area contributed by atoms with Gasteiger partial charge in [-0.2, -0.15) is 0 Å². The first-order valence-corrected chi connectivity index (χ1v) is 4.91. The molecule has 20 heavy (non-hydrogen) atoms. The molecular formula is C12H20O8. The van der Waals surface area contributed by atoms with E-state index in [1.54, 1.807) is 0 Å². The fourth-order valence-electron chi connectivity index (χ4n) is 0. The second kappa shape index (κ2) is 21.8. The summed E-state index contributed by atoms with van der Waals surface area (Å²) < 4.78 is 0. The van der Waals surface area contributed by atoms with Crippen molar-refractivity contribution in [3.63, 3.8) is 0 Å². The lowest BCUT2D eigenvalue weighted by atomic mass is 10.4. The van der Waals surface area contributed by atoms with E-state index in [4.69, 9.17) is 25.5 Å². The minimum absolute atomic E-state index is 0.125. The Bertz CT molecular complexity index is 287. The maximum absolute atomic E-state index is 9.60. The second-order valence-corrected chi connectivity index (χ2v) is 2.62. The second-order valence-electron chi connectivity index (χ2n) is 2.62. The Morgan fingerprint density at radius 3 is 1.05 bits per heavy atom. The molecule has 0 aromatic heterocycles. The Morgan fingerprint density at radius 2 is 1.05 bits per heavy atom. The molecule has 116 valence electrons. The normalized spacial score (nSPS) is 6.95. The lowest BCUT2D eigenvalue weighted by Gasteiger charge is -1.79. The summed E-state index contributed by atoms with van der Waals surface area (Å²) in [5.74, 6) is -2.90. The topological polar surface area (TPSA) is 152 Å². The van der Waals surface area contributed by atoms with Gasteiger partial charge in [-0.15, -0.1) is 0 Å². The van der Waals surface area contributed by atoms with E-state index < -0.39 is 17.9 Å². The van der Waals surface area contributed by atoms with E-state index in [1.165, 1.54) is 6.92 Å². The van der Waals surface area contributed by atoms with Gasteiger partial charge in [0, 0.05) is 17.7 Å². The third-order valence-corrected chi connectivity index (χ3v) is 0.814. The number of aliphatic hydroxyl groups excluding tert-OH is 2. The zero-order valence-electron chi connectivity index (χ0n) is 11.2. The Balaban J connectivity index is -0.0000000862. The molecule has 0 rings (SSSR count). The van der Waals surface area contributed by atoms with Crippen molar-refractivity contribution in [2.75, 3.05) is 13.2 Å². The maximum atomic E-state index is 9.60. The molecule has 0 fully saturated rings. The van der Waals surface area contributed by atoms with Crippen molar-refractivity contribution in [1.82, 2.24) is 0 Å². The number of hydrogen-bond acceptors (Lipinski definition) is 5. The summed E-state index contributed by atoms with van der Waals surface area (Å²) in [6, 6.07) is 0. The van der Waals surface area contributed by atoms with Crippen LogP contribution in [0.4, 0.5) is 0 Å². The molecule has 0 aromatic carbocycles. The van der Waals surface area contributed by atoms with E-state index in [0.29, 0.717) is 0 Å². The molecule has 0 bridgehead atoms. The van der Waals surface area contributed by atoms with Gasteiger partial charge in [0.15, 0.2) is 0 Å². The molecule has 0 heterocycles. The van der Waals surface area contributed by atoms with Gasteiger partial charge in [0.25, 0.3) is 0 Å². The predicted octanol–water partition coefficient (Wildman–Crippen LogP) is 0.132. The van der Waals surface area contributed by atoms with Crippen LogP contribution in [0, 0.1) is 0 Å². The van der Waals surface area contributed by atoms with Crippen molar-refractivity contribution in [2.24, 2.45) is 0 Å². The van der Waals surface area contributed by atoms with Crippen LogP contribution in [0.5, 0.6) is 0 Å². The number of carboxylic acids is 3. The Morgan fingerprint density at radius 1 is 0.900 bits per heavy atom. The van der Waals surface area contributed by atoms with Crippen LogP contribution in [0.25, 0.3) is 0 Å². The van der Waals surface area contributed by atoms with Crippen LogP contribution in [0.3, 0.4) is 0 Å². The molecule has 0 aromatic rings. The van der Waals surface area contributed by atoms with Gasteiger partial charge in [-0.3, -0.25) is 0 Å². The molecule has 0 saturated carbocycles. The molecule has 0 atom stereocenters. The first-order chi connectivity index (χ1) is 9.10. The number of rotatable bonds is 4. The average Bonchev–Trinajstić information content (AvgIpc) is 2.40. The smallest absolute Gasteiger partial charge is 0.330 e. The predicted molar refractivity (Wildman–Crippen MR) is 72.3 cm³/mol. The molecular weight excluding hydrogens is 272 g/mol. The van der Waals surface area contributed by atoms with Crippen LogP contribution < -0.4 is 0 Å². The van der Waals surface area contributed by atoms with Crippen LogP contribution in [0.2, 0.25) is 0 Å². The van der Waals surface area contributed by atoms with Crippen molar-refractivity contribution in [1.29, 1.82) is 0 Å². The fourth-order valence-corrected chi connectivity index (χ4v) is 0. The molecule has 5 N–H and O–H groups in total. The van der Waals surface area contributed by atoms with Gasteiger partial charge in [0.1, 0.15) is 0 Å². The van der Waals surface area contributed by atoms with Gasteiger partial charge in [0.05, 0.1) is 13.2 Å². The number of hydrogen-bond donors (Lipinski definition) is 5. The number of carbonyl (C=O) groups is 3. The van der Waals surface area contributed by atoms with E-state index in [-0.39, 0.29) is 18.8 Å². The number of aliphatic carboxylic acids is 3. The lowest BCUT2D eigenvalue weighted by Crippen LogP contribution is -1.92. The van der Waals surface area contributed by atoms with Gasteiger partial charge in [-0.1, -0.05) is 19.7 Å². The van der Waals surface area contributed by atoms with Gasteiger partial charge >= 0.3 is 17.9 Å². The minimum Gasteiger partial charge on any atom is -0.478 e. The first kappa shape index (κ1) is 26.2. The summed E-state index contributed by atoms with van der Waals surface area (Å²) in [5.41, 5.74) is 0.176. The van der Waals surface area contributed by atoms with Crippen LogP contribution in [0.1, 0.15) is 6.92 Å². The van der Waals surface area contributed by atoms with E-state index in [0.717, 1.165) is 12.2 Å². The molecule has 8 nitrogen and oxygen atoms in total. The van der Waals surface area contributed by atoms with Crippen LogP contribution in [-0.4, -0.2) is 56.7 Å².